The predicted octanol–water partition coefficient (Wildman–Crippen LogP) is 5.33. The van der Waals surface area contributed by atoms with Crippen LogP contribution in [0.25, 0.3) is 6.08 Å². The molecule has 0 saturated carbocycles. The average molecular weight is 454 g/mol. The van der Waals surface area contributed by atoms with E-state index in [9.17, 15) is 9.59 Å². The van der Waals surface area contributed by atoms with Crippen LogP contribution < -0.4 is 14.2 Å². The van der Waals surface area contributed by atoms with Crippen molar-refractivity contribution in [1.82, 2.24) is 4.90 Å². The third kappa shape index (κ3) is 5.73. The summed E-state index contributed by atoms with van der Waals surface area (Å²) in [5.41, 5.74) is 1.68. The number of carbonyl (C=O) groups excluding carboxylic acids is 2. The zero-order valence-corrected chi connectivity index (χ0v) is 19.2. The zero-order chi connectivity index (χ0) is 22.9. The van der Waals surface area contributed by atoms with Gasteiger partial charge in [-0.05, 0) is 67.9 Å². The molecule has 7 heteroatoms. The Morgan fingerprint density at radius 1 is 1.03 bits per heavy atom. The summed E-state index contributed by atoms with van der Waals surface area (Å²) in [5, 5.41) is -0.305. The van der Waals surface area contributed by atoms with Crippen LogP contribution >= 0.6 is 11.8 Å². The highest BCUT2D eigenvalue weighted by Gasteiger charge is 2.34. The summed E-state index contributed by atoms with van der Waals surface area (Å²) in [4.78, 5) is 26.8. The SMILES string of the molecule is C=CCc1cc(/C=C2\SC(=O)N(CCOc3ccccc3)C2=O)cc(OCC)c1OCC. The monoisotopic (exact) mass is 453 g/mol. The maximum Gasteiger partial charge on any atom is 0.293 e. The molecule has 1 aliphatic rings. The Morgan fingerprint density at radius 2 is 1.78 bits per heavy atom. The van der Waals surface area contributed by atoms with Gasteiger partial charge >= 0.3 is 0 Å². The van der Waals surface area contributed by atoms with Crippen molar-refractivity contribution in [2.45, 2.75) is 20.3 Å². The van der Waals surface area contributed by atoms with Gasteiger partial charge in [0, 0.05) is 5.56 Å². The molecule has 1 aliphatic heterocycles. The lowest BCUT2D eigenvalue weighted by Gasteiger charge is -2.16. The first-order valence-electron chi connectivity index (χ1n) is 10.5. The van der Waals surface area contributed by atoms with Crippen molar-refractivity contribution in [3.8, 4) is 17.2 Å². The van der Waals surface area contributed by atoms with Crippen molar-refractivity contribution in [3.63, 3.8) is 0 Å². The van der Waals surface area contributed by atoms with Gasteiger partial charge in [0.2, 0.25) is 0 Å². The third-order valence-electron chi connectivity index (χ3n) is 4.61. The van der Waals surface area contributed by atoms with Gasteiger partial charge in [-0.15, -0.1) is 6.58 Å². The van der Waals surface area contributed by atoms with Crippen LogP contribution in [0.4, 0.5) is 4.79 Å². The first-order valence-corrected chi connectivity index (χ1v) is 11.4. The highest BCUT2D eigenvalue weighted by Crippen LogP contribution is 2.37. The smallest absolute Gasteiger partial charge is 0.293 e. The highest BCUT2D eigenvalue weighted by atomic mass is 32.2. The van der Waals surface area contributed by atoms with Gasteiger partial charge in [-0.25, -0.2) is 0 Å². The van der Waals surface area contributed by atoms with Gasteiger partial charge in [0.1, 0.15) is 12.4 Å². The summed E-state index contributed by atoms with van der Waals surface area (Å²) in [6.07, 6.45) is 4.10. The van der Waals surface area contributed by atoms with Crippen molar-refractivity contribution in [3.05, 3.63) is 71.2 Å². The Balaban J connectivity index is 1.78. The van der Waals surface area contributed by atoms with E-state index < -0.39 is 0 Å². The van der Waals surface area contributed by atoms with Gasteiger partial charge in [0.25, 0.3) is 11.1 Å². The first-order chi connectivity index (χ1) is 15.6. The molecule has 32 heavy (non-hydrogen) atoms. The summed E-state index contributed by atoms with van der Waals surface area (Å²) in [6, 6.07) is 13.0. The largest absolute Gasteiger partial charge is 0.492 e. The van der Waals surface area contributed by atoms with E-state index in [-0.39, 0.29) is 24.3 Å². The van der Waals surface area contributed by atoms with Gasteiger partial charge < -0.3 is 14.2 Å². The van der Waals surface area contributed by atoms with E-state index in [0.29, 0.717) is 41.8 Å². The number of allylic oxidation sites excluding steroid dienone is 1. The fraction of sp³-hybridized carbons (Fsp3) is 0.280. The molecule has 0 N–H and O–H groups in total. The topological polar surface area (TPSA) is 65.1 Å². The van der Waals surface area contributed by atoms with Crippen molar-refractivity contribution in [2.75, 3.05) is 26.4 Å². The summed E-state index contributed by atoms with van der Waals surface area (Å²) < 4.78 is 17.2. The molecular formula is C25H27NO5S. The molecule has 0 radical (unpaired) electrons. The van der Waals surface area contributed by atoms with E-state index in [1.54, 1.807) is 12.2 Å². The van der Waals surface area contributed by atoms with E-state index in [4.69, 9.17) is 14.2 Å². The summed E-state index contributed by atoms with van der Waals surface area (Å²) in [5.74, 6) is 1.66. The summed E-state index contributed by atoms with van der Waals surface area (Å²) >= 11 is 0.927. The number of para-hydroxylation sites is 1. The van der Waals surface area contributed by atoms with Crippen LogP contribution in [0.15, 0.2) is 60.0 Å². The van der Waals surface area contributed by atoms with Crippen LogP contribution in [0.5, 0.6) is 17.2 Å². The standard InChI is InChI=1S/C25H27NO5S/c1-4-10-19-15-18(16-21(29-5-2)23(19)30-6-3)17-22-24(27)26(25(28)32-22)13-14-31-20-11-8-7-9-12-20/h4,7-9,11-12,15-17H,1,5-6,10,13-14H2,2-3H3/b22-17-. The fourth-order valence-corrected chi connectivity index (χ4v) is 4.13. The number of rotatable bonds is 11. The van der Waals surface area contributed by atoms with E-state index >= 15 is 0 Å². The fourth-order valence-electron chi connectivity index (χ4n) is 3.26. The van der Waals surface area contributed by atoms with Gasteiger partial charge in [-0.2, -0.15) is 0 Å². The second kappa shape index (κ2) is 11.4. The minimum Gasteiger partial charge on any atom is -0.492 e. The van der Waals surface area contributed by atoms with Crippen molar-refractivity contribution >= 4 is 29.0 Å². The van der Waals surface area contributed by atoms with Crippen molar-refractivity contribution in [1.29, 1.82) is 0 Å². The molecule has 1 fully saturated rings. The molecule has 2 aromatic carbocycles. The van der Waals surface area contributed by atoms with E-state index in [1.807, 2.05) is 56.3 Å². The lowest BCUT2D eigenvalue weighted by molar-refractivity contribution is -0.123. The van der Waals surface area contributed by atoms with E-state index in [2.05, 4.69) is 6.58 Å². The Morgan fingerprint density at radius 3 is 2.47 bits per heavy atom. The minimum atomic E-state index is -0.325. The van der Waals surface area contributed by atoms with Crippen LogP contribution in [0.2, 0.25) is 0 Å². The van der Waals surface area contributed by atoms with Gasteiger partial charge in [-0.3, -0.25) is 14.5 Å². The van der Waals surface area contributed by atoms with Crippen LogP contribution in [0, 0.1) is 0 Å². The molecule has 1 heterocycles. The second-order valence-electron chi connectivity index (χ2n) is 6.86. The van der Waals surface area contributed by atoms with E-state index in [1.165, 1.54) is 4.90 Å². The Hall–Kier alpha value is -3.19. The molecule has 2 aromatic rings. The van der Waals surface area contributed by atoms with Gasteiger partial charge in [-0.1, -0.05) is 24.3 Å². The molecule has 3 rings (SSSR count). The Kier molecular flexibility index (Phi) is 8.39. The maximum absolute atomic E-state index is 12.8. The number of amides is 2. The number of ether oxygens (including phenoxy) is 3. The quantitative estimate of drug-likeness (QED) is 0.339. The number of imide groups is 1. The highest BCUT2D eigenvalue weighted by molar-refractivity contribution is 8.18. The number of hydrogen-bond donors (Lipinski definition) is 0. The molecular weight excluding hydrogens is 426 g/mol. The van der Waals surface area contributed by atoms with E-state index in [0.717, 1.165) is 22.9 Å². The van der Waals surface area contributed by atoms with Crippen LogP contribution in [0.1, 0.15) is 25.0 Å². The van der Waals surface area contributed by atoms with Crippen molar-refractivity contribution < 1.29 is 23.8 Å². The molecule has 0 bridgehead atoms. The summed E-state index contributed by atoms with van der Waals surface area (Å²) in [7, 11) is 0. The maximum atomic E-state index is 12.8. The lowest BCUT2D eigenvalue weighted by Crippen LogP contribution is -2.32. The predicted molar refractivity (Wildman–Crippen MR) is 127 cm³/mol. The van der Waals surface area contributed by atoms with Crippen molar-refractivity contribution in [2.24, 2.45) is 0 Å². The molecule has 0 aliphatic carbocycles. The van der Waals surface area contributed by atoms with Gasteiger partial charge in [0.15, 0.2) is 11.5 Å². The Bertz CT molecular complexity index is 1000. The normalized spacial score (nSPS) is 14.7. The molecule has 168 valence electrons. The number of thioether (sulfide) groups is 1. The minimum absolute atomic E-state index is 0.187. The second-order valence-corrected chi connectivity index (χ2v) is 7.85. The number of benzene rings is 2. The molecule has 1 saturated heterocycles. The molecule has 2 amide bonds. The number of hydrogen-bond acceptors (Lipinski definition) is 6. The van der Waals surface area contributed by atoms with Crippen LogP contribution in [-0.4, -0.2) is 42.4 Å². The van der Waals surface area contributed by atoms with Crippen LogP contribution in [0.3, 0.4) is 0 Å². The summed E-state index contributed by atoms with van der Waals surface area (Å²) in [6.45, 7) is 9.04. The molecule has 0 spiro atoms. The molecule has 0 atom stereocenters. The van der Waals surface area contributed by atoms with Crippen LogP contribution in [-0.2, 0) is 11.2 Å². The average Bonchev–Trinajstić information content (AvgIpc) is 3.04. The number of nitrogens with zero attached hydrogens (tertiary/aromatic N) is 1. The molecule has 0 unspecified atom stereocenters. The zero-order valence-electron chi connectivity index (χ0n) is 18.3. The molecule has 0 aromatic heterocycles. The molecule has 6 nitrogen and oxygen atoms in total. The third-order valence-corrected chi connectivity index (χ3v) is 5.51. The van der Waals surface area contributed by atoms with Gasteiger partial charge in [0.05, 0.1) is 24.7 Å². The first kappa shape index (κ1) is 23.5. The number of carbonyl (C=O) groups is 2. The Labute approximate surface area is 192 Å². The lowest BCUT2D eigenvalue weighted by atomic mass is 10.0.